The summed E-state index contributed by atoms with van der Waals surface area (Å²) in [5, 5.41) is 11.2. The molecule has 3 heteroatoms. The molecule has 0 radical (unpaired) electrons. The van der Waals surface area contributed by atoms with Gasteiger partial charge in [0.25, 0.3) is 0 Å². The van der Waals surface area contributed by atoms with Gasteiger partial charge in [0.15, 0.2) is 0 Å². The highest BCUT2D eigenvalue weighted by atomic mass is 16.3. The molecule has 0 amide bonds. The van der Waals surface area contributed by atoms with Crippen LogP contribution in [0.2, 0.25) is 0 Å². The number of aromatic nitrogens is 2. The molecule has 1 heterocycles. The van der Waals surface area contributed by atoms with Crippen molar-refractivity contribution in [1.29, 1.82) is 0 Å². The molecule has 2 rings (SSSR count). The van der Waals surface area contributed by atoms with Gasteiger partial charge >= 0.3 is 0 Å². The van der Waals surface area contributed by atoms with Gasteiger partial charge in [0.05, 0.1) is 0 Å². The van der Waals surface area contributed by atoms with Crippen LogP contribution >= 0.6 is 0 Å². The van der Waals surface area contributed by atoms with Crippen molar-refractivity contribution in [3.05, 3.63) is 18.2 Å². The van der Waals surface area contributed by atoms with Gasteiger partial charge in [0, 0.05) is 18.9 Å². The first-order valence-corrected chi connectivity index (χ1v) is 7.33. The van der Waals surface area contributed by atoms with E-state index in [0.29, 0.717) is 11.8 Å². The quantitative estimate of drug-likeness (QED) is 0.890. The molecule has 0 aromatic carbocycles. The Bertz CT molecular complexity index is 386. The first-order valence-electron chi connectivity index (χ1n) is 7.33. The molecule has 2 unspecified atom stereocenters. The van der Waals surface area contributed by atoms with Crippen molar-refractivity contribution in [2.24, 2.45) is 11.8 Å². The maximum atomic E-state index is 11.2. The van der Waals surface area contributed by atoms with Crippen LogP contribution in [0.4, 0.5) is 0 Å². The lowest BCUT2D eigenvalue weighted by molar-refractivity contribution is -0.0812. The van der Waals surface area contributed by atoms with E-state index in [9.17, 15) is 5.11 Å². The first kappa shape index (κ1) is 13.6. The average molecular weight is 250 g/mol. The van der Waals surface area contributed by atoms with Crippen LogP contribution in [-0.2, 0) is 12.1 Å². The molecular formula is C15H26N2O. The summed E-state index contributed by atoms with van der Waals surface area (Å²) in [6.45, 7) is 7.54. The van der Waals surface area contributed by atoms with Crippen molar-refractivity contribution < 1.29 is 5.11 Å². The minimum Gasteiger partial charge on any atom is -0.382 e. The van der Waals surface area contributed by atoms with Crippen LogP contribution in [-0.4, -0.2) is 14.7 Å². The molecule has 2 atom stereocenters. The standard InChI is InChI=1S/C15H26N2O/c1-4-10-17-11-9-16-14(17)15(18)8-6-5-7-13(15)12(2)3/h9,11-13,18H,4-8,10H2,1-3H3. The van der Waals surface area contributed by atoms with Crippen molar-refractivity contribution in [2.45, 2.75) is 65.0 Å². The summed E-state index contributed by atoms with van der Waals surface area (Å²) in [7, 11) is 0. The van der Waals surface area contributed by atoms with E-state index in [1.54, 1.807) is 0 Å². The number of hydrogen-bond acceptors (Lipinski definition) is 2. The number of hydrogen-bond donors (Lipinski definition) is 1. The molecule has 0 bridgehead atoms. The van der Waals surface area contributed by atoms with Gasteiger partial charge in [-0.15, -0.1) is 0 Å². The minimum atomic E-state index is -0.717. The van der Waals surface area contributed by atoms with Crippen LogP contribution in [0.5, 0.6) is 0 Å². The van der Waals surface area contributed by atoms with E-state index in [2.05, 4.69) is 30.3 Å². The van der Waals surface area contributed by atoms with Gasteiger partial charge < -0.3 is 9.67 Å². The fraction of sp³-hybridized carbons (Fsp3) is 0.800. The summed E-state index contributed by atoms with van der Waals surface area (Å²) < 4.78 is 2.14. The van der Waals surface area contributed by atoms with Crippen LogP contribution in [0.3, 0.4) is 0 Å². The average Bonchev–Trinajstić information content (AvgIpc) is 2.78. The molecule has 0 aliphatic heterocycles. The third-order valence-corrected chi connectivity index (χ3v) is 4.31. The normalized spacial score (nSPS) is 28.8. The number of imidazole rings is 1. The van der Waals surface area contributed by atoms with Crippen LogP contribution in [0.15, 0.2) is 12.4 Å². The van der Waals surface area contributed by atoms with Gasteiger partial charge in [-0.3, -0.25) is 0 Å². The van der Waals surface area contributed by atoms with Crippen LogP contribution in [0.25, 0.3) is 0 Å². The molecule has 1 aliphatic rings. The van der Waals surface area contributed by atoms with Gasteiger partial charge in [0.2, 0.25) is 0 Å². The molecule has 0 saturated heterocycles. The number of rotatable bonds is 4. The molecule has 3 nitrogen and oxygen atoms in total. The number of nitrogens with zero attached hydrogens (tertiary/aromatic N) is 2. The minimum absolute atomic E-state index is 0.337. The Hall–Kier alpha value is -0.830. The van der Waals surface area contributed by atoms with Crippen LogP contribution in [0, 0.1) is 11.8 Å². The summed E-state index contributed by atoms with van der Waals surface area (Å²) in [6, 6.07) is 0. The summed E-state index contributed by atoms with van der Waals surface area (Å²) in [4.78, 5) is 4.48. The molecule has 1 aliphatic carbocycles. The summed E-state index contributed by atoms with van der Waals surface area (Å²) in [6.07, 6.45) is 9.23. The van der Waals surface area contributed by atoms with Gasteiger partial charge in [-0.2, -0.15) is 0 Å². The molecule has 1 saturated carbocycles. The fourth-order valence-corrected chi connectivity index (χ4v) is 3.46. The van der Waals surface area contributed by atoms with Crippen molar-refractivity contribution >= 4 is 0 Å². The maximum Gasteiger partial charge on any atom is 0.141 e. The summed E-state index contributed by atoms with van der Waals surface area (Å²) in [5.41, 5.74) is -0.717. The van der Waals surface area contributed by atoms with Crippen LogP contribution in [0.1, 0.15) is 58.7 Å². The maximum absolute atomic E-state index is 11.2. The molecule has 1 aromatic heterocycles. The Morgan fingerprint density at radius 2 is 2.28 bits per heavy atom. The first-order chi connectivity index (χ1) is 8.59. The van der Waals surface area contributed by atoms with E-state index >= 15 is 0 Å². The smallest absolute Gasteiger partial charge is 0.141 e. The van der Waals surface area contributed by atoms with E-state index in [1.165, 1.54) is 6.42 Å². The van der Waals surface area contributed by atoms with E-state index in [4.69, 9.17) is 0 Å². The fourth-order valence-electron chi connectivity index (χ4n) is 3.46. The third kappa shape index (κ3) is 2.33. The summed E-state index contributed by atoms with van der Waals surface area (Å²) >= 11 is 0. The zero-order chi connectivity index (χ0) is 13.2. The Morgan fingerprint density at radius 1 is 1.50 bits per heavy atom. The lowest BCUT2D eigenvalue weighted by Crippen LogP contribution is -2.42. The second-order valence-corrected chi connectivity index (χ2v) is 5.96. The Labute approximate surface area is 110 Å². The SMILES string of the molecule is CCCn1ccnc1C1(O)CCCCC1C(C)C. The van der Waals surface area contributed by atoms with E-state index in [-0.39, 0.29) is 0 Å². The Morgan fingerprint density at radius 3 is 2.94 bits per heavy atom. The van der Waals surface area contributed by atoms with E-state index < -0.39 is 5.60 Å². The van der Waals surface area contributed by atoms with Crippen molar-refractivity contribution in [1.82, 2.24) is 9.55 Å². The predicted molar refractivity (Wildman–Crippen MR) is 73.2 cm³/mol. The Balaban J connectivity index is 2.34. The second-order valence-electron chi connectivity index (χ2n) is 5.96. The largest absolute Gasteiger partial charge is 0.382 e. The van der Waals surface area contributed by atoms with Crippen molar-refractivity contribution in [3.63, 3.8) is 0 Å². The monoisotopic (exact) mass is 250 g/mol. The zero-order valence-corrected chi connectivity index (χ0v) is 11.9. The van der Waals surface area contributed by atoms with E-state index in [0.717, 1.165) is 38.1 Å². The molecule has 102 valence electrons. The Kier molecular flexibility index (Phi) is 4.10. The highest BCUT2D eigenvalue weighted by molar-refractivity contribution is 5.09. The van der Waals surface area contributed by atoms with Crippen LogP contribution < -0.4 is 0 Å². The molecular weight excluding hydrogens is 224 g/mol. The van der Waals surface area contributed by atoms with E-state index in [1.807, 2.05) is 12.4 Å². The lowest BCUT2D eigenvalue weighted by Gasteiger charge is -2.41. The van der Waals surface area contributed by atoms with Crippen molar-refractivity contribution in [2.75, 3.05) is 0 Å². The van der Waals surface area contributed by atoms with Gasteiger partial charge in [-0.1, -0.05) is 33.6 Å². The van der Waals surface area contributed by atoms with Gasteiger partial charge in [-0.25, -0.2) is 4.98 Å². The van der Waals surface area contributed by atoms with Gasteiger partial charge in [0.1, 0.15) is 11.4 Å². The summed E-state index contributed by atoms with van der Waals surface area (Å²) in [5.74, 6) is 1.73. The van der Waals surface area contributed by atoms with Crippen molar-refractivity contribution in [3.8, 4) is 0 Å². The van der Waals surface area contributed by atoms with Gasteiger partial charge in [-0.05, 0) is 31.1 Å². The zero-order valence-electron chi connectivity index (χ0n) is 11.9. The number of aliphatic hydroxyl groups is 1. The lowest BCUT2D eigenvalue weighted by atomic mass is 9.69. The number of aryl methyl sites for hydroxylation is 1. The molecule has 1 aromatic rings. The third-order valence-electron chi connectivity index (χ3n) is 4.31. The molecule has 1 fully saturated rings. The highest BCUT2D eigenvalue weighted by Crippen LogP contribution is 2.44. The highest BCUT2D eigenvalue weighted by Gasteiger charge is 2.44. The predicted octanol–water partition coefficient (Wildman–Crippen LogP) is 3.33. The molecule has 18 heavy (non-hydrogen) atoms. The second kappa shape index (κ2) is 5.43. The molecule has 0 spiro atoms. The molecule has 1 N–H and O–H groups in total. The topological polar surface area (TPSA) is 38.0 Å².